The second-order valence-corrected chi connectivity index (χ2v) is 3.75. The lowest BCUT2D eigenvalue weighted by atomic mass is 10.2. The number of nitrogens with zero attached hydrogens (tertiary/aromatic N) is 1. The third kappa shape index (κ3) is 1.83. The Hall–Kier alpha value is -1.84. The molecule has 2 heterocycles. The van der Waals surface area contributed by atoms with E-state index in [-0.39, 0.29) is 11.9 Å². The monoisotopic (exact) mass is 203 g/mol. The van der Waals surface area contributed by atoms with E-state index in [0.717, 1.165) is 10.9 Å². The number of H-pyrrole nitrogens is 1. The lowest BCUT2D eigenvalue weighted by Gasteiger charge is -2.06. The molecule has 2 N–H and O–H groups in total. The van der Waals surface area contributed by atoms with Crippen LogP contribution in [0.2, 0.25) is 0 Å². The van der Waals surface area contributed by atoms with E-state index in [2.05, 4.69) is 15.3 Å². The highest BCUT2D eigenvalue weighted by atomic mass is 16.1. The van der Waals surface area contributed by atoms with Crippen LogP contribution in [0.5, 0.6) is 0 Å². The summed E-state index contributed by atoms with van der Waals surface area (Å²) < 4.78 is 0. The third-order valence-corrected chi connectivity index (χ3v) is 2.15. The Labute approximate surface area is 87.7 Å². The lowest BCUT2D eigenvalue weighted by Crippen LogP contribution is -2.29. The molecule has 0 bridgehead atoms. The minimum absolute atomic E-state index is 0.0655. The van der Waals surface area contributed by atoms with E-state index in [0.29, 0.717) is 5.56 Å². The van der Waals surface area contributed by atoms with E-state index >= 15 is 0 Å². The number of amides is 1. The predicted octanol–water partition coefficient (Wildman–Crippen LogP) is 1.70. The molecule has 0 aromatic carbocycles. The highest BCUT2D eigenvalue weighted by molar-refractivity contribution is 6.06. The largest absolute Gasteiger partial charge is 0.360 e. The lowest BCUT2D eigenvalue weighted by molar-refractivity contribution is 0.0945. The molecule has 0 unspecified atom stereocenters. The van der Waals surface area contributed by atoms with E-state index < -0.39 is 0 Å². The van der Waals surface area contributed by atoms with Gasteiger partial charge in [-0.05, 0) is 19.9 Å². The summed E-state index contributed by atoms with van der Waals surface area (Å²) in [7, 11) is 0. The van der Waals surface area contributed by atoms with Gasteiger partial charge in [-0.1, -0.05) is 0 Å². The molecule has 0 spiro atoms. The smallest absolute Gasteiger partial charge is 0.253 e. The molecule has 1 amide bonds. The summed E-state index contributed by atoms with van der Waals surface area (Å²) in [6.45, 7) is 3.87. The minimum atomic E-state index is -0.0655. The molecule has 0 saturated carbocycles. The van der Waals surface area contributed by atoms with Gasteiger partial charge in [0, 0.05) is 35.5 Å². The molecule has 0 aliphatic rings. The van der Waals surface area contributed by atoms with Crippen molar-refractivity contribution in [1.29, 1.82) is 0 Å². The summed E-state index contributed by atoms with van der Waals surface area (Å²) in [4.78, 5) is 18.8. The molecule has 2 aromatic heterocycles. The molecule has 4 nitrogen and oxygen atoms in total. The minimum Gasteiger partial charge on any atom is -0.360 e. The summed E-state index contributed by atoms with van der Waals surface area (Å²) in [5, 5.41) is 3.71. The Morgan fingerprint density at radius 1 is 1.53 bits per heavy atom. The number of nitrogens with one attached hydrogen (secondary N) is 2. The van der Waals surface area contributed by atoms with Crippen LogP contribution in [-0.2, 0) is 0 Å². The van der Waals surface area contributed by atoms with E-state index in [1.54, 1.807) is 18.6 Å². The van der Waals surface area contributed by atoms with Crippen molar-refractivity contribution in [3.63, 3.8) is 0 Å². The van der Waals surface area contributed by atoms with Crippen LogP contribution in [-0.4, -0.2) is 21.9 Å². The zero-order valence-corrected chi connectivity index (χ0v) is 8.74. The summed E-state index contributed by atoms with van der Waals surface area (Å²) in [5.74, 6) is -0.0655. The number of aromatic amines is 1. The first-order valence-corrected chi connectivity index (χ1v) is 4.90. The molecule has 0 aliphatic carbocycles. The number of hydrogen-bond donors (Lipinski definition) is 2. The Kier molecular flexibility index (Phi) is 2.41. The topological polar surface area (TPSA) is 57.8 Å². The van der Waals surface area contributed by atoms with Crippen LogP contribution in [0.1, 0.15) is 24.2 Å². The van der Waals surface area contributed by atoms with Gasteiger partial charge in [-0.25, -0.2) is 0 Å². The fourth-order valence-corrected chi connectivity index (χ4v) is 1.49. The average Bonchev–Trinajstić information content (AvgIpc) is 2.59. The molecule has 15 heavy (non-hydrogen) atoms. The van der Waals surface area contributed by atoms with Crippen molar-refractivity contribution >= 4 is 16.8 Å². The van der Waals surface area contributed by atoms with Crippen molar-refractivity contribution in [2.45, 2.75) is 19.9 Å². The Morgan fingerprint density at radius 3 is 3.07 bits per heavy atom. The molecule has 4 heteroatoms. The standard InChI is InChI=1S/C11H13N3O/c1-7(2)14-11(15)9-6-13-10-3-4-12-5-8(9)10/h3-7,13H,1-2H3,(H,14,15). The highest BCUT2D eigenvalue weighted by Crippen LogP contribution is 2.16. The summed E-state index contributed by atoms with van der Waals surface area (Å²) in [6, 6.07) is 1.99. The van der Waals surface area contributed by atoms with Gasteiger partial charge in [0.05, 0.1) is 5.56 Å². The second-order valence-electron chi connectivity index (χ2n) is 3.75. The fourth-order valence-electron chi connectivity index (χ4n) is 1.49. The molecule has 0 aliphatic heterocycles. The van der Waals surface area contributed by atoms with E-state index in [4.69, 9.17) is 0 Å². The SMILES string of the molecule is CC(C)NC(=O)c1c[nH]c2ccncc12. The summed E-state index contributed by atoms with van der Waals surface area (Å²) in [6.07, 6.45) is 5.11. The van der Waals surface area contributed by atoms with Crippen molar-refractivity contribution in [3.05, 3.63) is 30.2 Å². The first-order chi connectivity index (χ1) is 7.18. The number of carbonyl (C=O) groups is 1. The van der Waals surface area contributed by atoms with Crippen molar-refractivity contribution in [2.75, 3.05) is 0 Å². The van der Waals surface area contributed by atoms with Crippen LogP contribution in [0.3, 0.4) is 0 Å². The molecule has 0 fully saturated rings. The van der Waals surface area contributed by atoms with Crippen LogP contribution in [0, 0.1) is 0 Å². The van der Waals surface area contributed by atoms with Crippen LogP contribution < -0.4 is 5.32 Å². The third-order valence-electron chi connectivity index (χ3n) is 2.15. The van der Waals surface area contributed by atoms with Crippen LogP contribution in [0.25, 0.3) is 10.9 Å². The van der Waals surface area contributed by atoms with Crippen molar-refractivity contribution in [2.24, 2.45) is 0 Å². The summed E-state index contributed by atoms with van der Waals surface area (Å²) >= 11 is 0. The molecule has 78 valence electrons. The van der Waals surface area contributed by atoms with E-state index in [1.807, 2.05) is 19.9 Å². The first-order valence-electron chi connectivity index (χ1n) is 4.90. The zero-order chi connectivity index (χ0) is 10.8. The van der Waals surface area contributed by atoms with Gasteiger partial charge in [-0.2, -0.15) is 0 Å². The van der Waals surface area contributed by atoms with Crippen molar-refractivity contribution in [1.82, 2.24) is 15.3 Å². The average molecular weight is 203 g/mol. The molecule has 2 rings (SSSR count). The van der Waals surface area contributed by atoms with Crippen LogP contribution in [0.4, 0.5) is 0 Å². The summed E-state index contributed by atoms with van der Waals surface area (Å²) in [5.41, 5.74) is 1.57. The molecule has 2 aromatic rings. The number of pyridine rings is 1. The van der Waals surface area contributed by atoms with Gasteiger partial charge in [0.2, 0.25) is 0 Å². The van der Waals surface area contributed by atoms with E-state index in [1.165, 1.54) is 0 Å². The number of hydrogen-bond acceptors (Lipinski definition) is 2. The molecular formula is C11H13N3O. The predicted molar refractivity (Wildman–Crippen MR) is 58.7 cm³/mol. The van der Waals surface area contributed by atoms with Gasteiger partial charge in [0.15, 0.2) is 0 Å². The second kappa shape index (κ2) is 3.73. The number of fused-ring (bicyclic) bond motifs is 1. The maximum Gasteiger partial charge on any atom is 0.253 e. The first kappa shape index (κ1) is 9.71. The van der Waals surface area contributed by atoms with Gasteiger partial charge >= 0.3 is 0 Å². The van der Waals surface area contributed by atoms with Crippen LogP contribution >= 0.6 is 0 Å². The van der Waals surface area contributed by atoms with Gasteiger partial charge in [0.25, 0.3) is 5.91 Å². The van der Waals surface area contributed by atoms with E-state index in [9.17, 15) is 4.79 Å². The molecule has 0 atom stereocenters. The zero-order valence-electron chi connectivity index (χ0n) is 8.74. The molecule has 0 radical (unpaired) electrons. The number of carbonyl (C=O) groups excluding carboxylic acids is 1. The quantitative estimate of drug-likeness (QED) is 0.780. The maximum atomic E-state index is 11.8. The maximum absolute atomic E-state index is 11.8. The normalized spacial score (nSPS) is 10.9. The Morgan fingerprint density at radius 2 is 2.33 bits per heavy atom. The molecular weight excluding hydrogens is 190 g/mol. The van der Waals surface area contributed by atoms with Crippen LogP contribution in [0.15, 0.2) is 24.7 Å². The van der Waals surface area contributed by atoms with Gasteiger partial charge in [-0.3, -0.25) is 9.78 Å². The van der Waals surface area contributed by atoms with Crippen molar-refractivity contribution in [3.8, 4) is 0 Å². The Bertz CT molecular complexity index is 487. The van der Waals surface area contributed by atoms with Gasteiger partial charge < -0.3 is 10.3 Å². The fraction of sp³-hybridized carbons (Fsp3) is 0.273. The van der Waals surface area contributed by atoms with Crippen molar-refractivity contribution < 1.29 is 4.79 Å². The molecule has 0 saturated heterocycles. The number of aromatic nitrogens is 2. The highest BCUT2D eigenvalue weighted by Gasteiger charge is 2.12. The van der Waals surface area contributed by atoms with Gasteiger partial charge in [0.1, 0.15) is 0 Å². The van der Waals surface area contributed by atoms with Gasteiger partial charge in [-0.15, -0.1) is 0 Å². The Balaban J connectivity index is 2.40. The number of rotatable bonds is 2.